The van der Waals surface area contributed by atoms with Crippen molar-refractivity contribution in [1.29, 1.82) is 0 Å². The van der Waals surface area contributed by atoms with Gasteiger partial charge in [-0.25, -0.2) is 8.78 Å². The van der Waals surface area contributed by atoms with Gasteiger partial charge in [-0.2, -0.15) is 0 Å². The fraction of sp³-hybridized carbons (Fsp3) is 0.333. The van der Waals surface area contributed by atoms with Crippen LogP contribution in [0, 0.1) is 11.6 Å². The van der Waals surface area contributed by atoms with Gasteiger partial charge in [-0.1, -0.05) is 35.6 Å². The highest BCUT2D eigenvalue weighted by atomic mass is 127. The van der Waals surface area contributed by atoms with Gasteiger partial charge in [-0.05, 0) is 24.1 Å². The van der Waals surface area contributed by atoms with Crippen LogP contribution in [0.25, 0.3) is 0 Å². The molecule has 0 radical (unpaired) electrons. The van der Waals surface area contributed by atoms with Gasteiger partial charge in [-0.3, -0.25) is 0 Å². The average molecular weight is 282 g/mol. The smallest absolute Gasteiger partial charge is 0.159 e. The van der Waals surface area contributed by atoms with E-state index in [9.17, 15) is 8.78 Å². The maximum Gasteiger partial charge on any atom is 0.159 e. The molecule has 0 saturated carbocycles. The molecule has 0 nitrogen and oxygen atoms in total. The molecule has 0 fully saturated rings. The van der Waals surface area contributed by atoms with Gasteiger partial charge >= 0.3 is 0 Å². The van der Waals surface area contributed by atoms with Gasteiger partial charge in [0.15, 0.2) is 11.6 Å². The Bertz CT molecular complexity index is 273. The second-order valence-corrected chi connectivity index (χ2v) is 4.05. The molecule has 0 bridgehead atoms. The lowest BCUT2D eigenvalue weighted by atomic mass is 10.1. The minimum atomic E-state index is -0.779. The summed E-state index contributed by atoms with van der Waals surface area (Å²) >= 11 is 2.21. The highest BCUT2D eigenvalue weighted by molar-refractivity contribution is 14.1. The second-order valence-electron chi connectivity index (χ2n) is 2.55. The van der Waals surface area contributed by atoms with Crippen LogP contribution < -0.4 is 0 Å². The monoisotopic (exact) mass is 282 g/mol. The first-order chi connectivity index (χ1) is 5.65. The van der Waals surface area contributed by atoms with E-state index in [2.05, 4.69) is 22.6 Å². The molecule has 1 atom stereocenters. The number of halogens is 3. The van der Waals surface area contributed by atoms with E-state index in [0.29, 0.717) is 0 Å². The van der Waals surface area contributed by atoms with Crippen molar-refractivity contribution < 1.29 is 8.78 Å². The van der Waals surface area contributed by atoms with E-state index in [1.165, 1.54) is 12.1 Å². The van der Waals surface area contributed by atoms with Crippen molar-refractivity contribution in [2.24, 2.45) is 0 Å². The molecule has 0 aliphatic heterocycles. The molecule has 0 saturated heterocycles. The van der Waals surface area contributed by atoms with Crippen molar-refractivity contribution in [1.82, 2.24) is 0 Å². The Labute approximate surface area is 84.1 Å². The van der Waals surface area contributed by atoms with Crippen molar-refractivity contribution in [3.8, 4) is 0 Å². The molecule has 0 spiro atoms. The molecular formula is C9H9F2I. The Kier molecular flexibility index (Phi) is 3.43. The van der Waals surface area contributed by atoms with Crippen LogP contribution >= 0.6 is 22.6 Å². The molecule has 1 unspecified atom stereocenters. The van der Waals surface area contributed by atoms with E-state index >= 15 is 0 Å². The van der Waals surface area contributed by atoms with E-state index in [0.717, 1.165) is 12.0 Å². The summed E-state index contributed by atoms with van der Waals surface area (Å²) in [7, 11) is 0. The molecule has 0 aliphatic carbocycles. The van der Waals surface area contributed by atoms with Crippen LogP contribution in [-0.4, -0.2) is 0 Å². The summed E-state index contributed by atoms with van der Waals surface area (Å²) in [6, 6.07) is 4.06. The van der Waals surface area contributed by atoms with E-state index in [-0.39, 0.29) is 3.92 Å². The van der Waals surface area contributed by atoms with Gasteiger partial charge in [0, 0.05) is 3.92 Å². The normalized spacial score (nSPS) is 13.0. The molecule has 3 heteroatoms. The number of hydrogen-bond donors (Lipinski definition) is 0. The van der Waals surface area contributed by atoms with Crippen LogP contribution in [0.2, 0.25) is 0 Å². The second kappa shape index (κ2) is 4.16. The summed E-state index contributed by atoms with van der Waals surface area (Å²) in [6.45, 7) is 2.01. The van der Waals surface area contributed by atoms with Crippen LogP contribution in [0.3, 0.4) is 0 Å². The lowest BCUT2D eigenvalue weighted by Crippen LogP contribution is -1.91. The maximum atomic E-state index is 12.7. The summed E-state index contributed by atoms with van der Waals surface area (Å²) in [5.41, 5.74) is 0.844. The third-order valence-corrected chi connectivity index (χ3v) is 3.26. The van der Waals surface area contributed by atoms with Crippen LogP contribution in [0.15, 0.2) is 18.2 Å². The topological polar surface area (TPSA) is 0 Å². The molecule has 66 valence electrons. The molecule has 12 heavy (non-hydrogen) atoms. The number of hydrogen-bond acceptors (Lipinski definition) is 0. The summed E-state index contributed by atoms with van der Waals surface area (Å²) in [5.74, 6) is -1.54. The van der Waals surface area contributed by atoms with Crippen molar-refractivity contribution >= 4 is 22.6 Å². The molecule has 0 aromatic heterocycles. The number of rotatable bonds is 2. The van der Waals surface area contributed by atoms with Crippen LogP contribution in [0.5, 0.6) is 0 Å². The maximum absolute atomic E-state index is 12.7. The summed E-state index contributed by atoms with van der Waals surface area (Å²) in [5, 5.41) is 0. The summed E-state index contributed by atoms with van der Waals surface area (Å²) in [6.07, 6.45) is 0.922. The van der Waals surface area contributed by atoms with Crippen molar-refractivity contribution in [3.63, 3.8) is 0 Å². The highest BCUT2D eigenvalue weighted by Gasteiger charge is 2.07. The zero-order valence-corrected chi connectivity index (χ0v) is 8.81. The fourth-order valence-corrected chi connectivity index (χ4v) is 1.33. The largest absolute Gasteiger partial charge is 0.204 e. The number of alkyl halides is 1. The van der Waals surface area contributed by atoms with Crippen LogP contribution in [0.4, 0.5) is 8.78 Å². The first-order valence-electron chi connectivity index (χ1n) is 3.74. The van der Waals surface area contributed by atoms with Gasteiger partial charge in [0.2, 0.25) is 0 Å². The van der Waals surface area contributed by atoms with E-state index in [1.807, 2.05) is 6.92 Å². The molecule has 0 amide bonds. The first kappa shape index (κ1) is 9.89. The summed E-state index contributed by atoms with van der Waals surface area (Å²) < 4.78 is 25.4. The third kappa shape index (κ3) is 2.15. The Morgan fingerprint density at radius 1 is 1.33 bits per heavy atom. The number of benzene rings is 1. The van der Waals surface area contributed by atoms with Crippen LogP contribution in [-0.2, 0) is 0 Å². The molecule has 0 heterocycles. The third-order valence-electron chi connectivity index (χ3n) is 1.66. The zero-order valence-electron chi connectivity index (χ0n) is 6.65. The molecule has 1 aromatic rings. The van der Waals surface area contributed by atoms with Gasteiger partial charge in [0.05, 0.1) is 0 Å². The van der Waals surface area contributed by atoms with Crippen LogP contribution in [0.1, 0.15) is 22.8 Å². The van der Waals surface area contributed by atoms with Gasteiger partial charge in [-0.15, -0.1) is 0 Å². The van der Waals surface area contributed by atoms with Gasteiger partial charge < -0.3 is 0 Å². The average Bonchev–Trinajstić information content (AvgIpc) is 2.08. The SMILES string of the molecule is CCC(I)c1ccc(F)c(F)c1. The fourth-order valence-electron chi connectivity index (χ4n) is 0.943. The Hall–Kier alpha value is -0.190. The molecule has 0 aliphatic rings. The molecule has 0 N–H and O–H groups in total. The lowest BCUT2D eigenvalue weighted by Gasteiger charge is -2.06. The van der Waals surface area contributed by atoms with E-state index in [1.54, 1.807) is 6.07 Å². The predicted octanol–water partition coefficient (Wildman–Crippen LogP) is 3.85. The standard InChI is InChI=1S/C9H9F2I/c1-2-9(12)6-3-4-7(10)8(11)5-6/h3-5,9H,2H2,1H3. The van der Waals surface area contributed by atoms with E-state index < -0.39 is 11.6 Å². The lowest BCUT2D eigenvalue weighted by molar-refractivity contribution is 0.507. The Balaban J connectivity index is 2.96. The predicted molar refractivity (Wildman–Crippen MR) is 53.4 cm³/mol. The minimum Gasteiger partial charge on any atom is -0.204 e. The van der Waals surface area contributed by atoms with Crippen molar-refractivity contribution in [2.45, 2.75) is 17.3 Å². The zero-order chi connectivity index (χ0) is 9.14. The first-order valence-corrected chi connectivity index (χ1v) is 4.98. The van der Waals surface area contributed by atoms with E-state index in [4.69, 9.17) is 0 Å². The Morgan fingerprint density at radius 2 is 2.00 bits per heavy atom. The molecule has 1 rings (SSSR count). The Morgan fingerprint density at radius 3 is 2.50 bits per heavy atom. The minimum absolute atomic E-state index is 0.262. The van der Waals surface area contributed by atoms with Crippen molar-refractivity contribution in [2.75, 3.05) is 0 Å². The van der Waals surface area contributed by atoms with Crippen molar-refractivity contribution in [3.05, 3.63) is 35.4 Å². The highest BCUT2D eigenvalue weighted by Crippen LogP contribution is 2.27. The quantitative estimate of drug-likeness (QED) is 0.571. The van der Waals surface area contributed by atoms with Gasteiger partial charge in [0.1, 0.15) is 0 Å². The van der Waals surface area contributed by atoms with Gasteiger partial charge in [0.25, 0.3) is 0 Å². The summed E-state index contributed by atoms with van der Waals surface area (Å²) in [4.78, 5) is 0. The molecular weight excluding hydrogens is 273 g/mol. The molecule has 1 aromatic carbocycles.